The zero-order valence-corrected chi connectivity index (χ0v) is 13.6. The summed E-state index contributed by atoms with van der Waals surface area (Å²) in [5.41, 5.74) is 8.96. The fraction of sp³-hybridized carbons (Fsp3) is 0.588. The third kappa shape index (κ3) is 3.11. The molecule has 1 aliphatic heterocycles. The molecule has 1 aromatic carbocycles. The fourth-order valence-corrected chi connectivity index (χ4v) is 3.11. The van der Waals surface area contributed by atoms with Gasteiger partial charge in [0.1, 0.15) is 0 Å². The van der Waals surface area contributed by atoms with Crippen LogP contribution in [0.4, 0.5) is 5.69 Å². The summed E-state index contributed by atoms with van der Waals surface area (Å²) in [7, 11) is 0. The van der Waals surface area contributed by atoms with Gasteiger partial charge in [-0.15, -0.1) is 0 Å². The van der Waals surface area contributed by atoms with Gasteiger partial charge in [-0.1, -0.05) is 18.2 Å². The Hall–Kier alpha value is -1.39. The van der Waals surface area contributed by atoms with Gasteiger partial charge >= 0.3 is 0 Å². The molecule has 0 bridgehead atoms. The number of carbonyl (C=O) groups is 1. The van der Waals surface area contributed by atoms with Crippen molar-refractivity contribution in [2.24, 2.45) is 5.73 Å². The Labute approximate surface area is 127 Å². The number of amides is 1. The molecule has 0 radical (unpaired) electrons. The molecular weight excluding hydrogens is 262 g/mol. The lowest BCUT2D eigenvalue weighted by Crippen LogP contribution is -2.61. The van der Waals surface area contributed by atoms with Crippen LogP contribution in [0.1, 0.15) is 37.8 Å². The summed E-state index contributed by atoms with van der Waals surface area (Å²) in [6.45, 7) is 9.82. The number of nitrogens with zero attached hydrogens (tertiary/aromatic N) is 1. The van der Waals surface area contributed by atoms with E-state index in [0.717, 1.165) is 29.9 Å². The largest absolute Gasteiger partial charge is 0.317 e. The van der Waals surface area contributed by atoms with Gasteiger partial charge in [0.2, 0.25) is 5.91 Å². The molecule has 0 unspecified atom stereocenters. The van der Waals surface area contributed by atoms with Crippen molar-refractivity contribution in [3.05, 3.63) is 29.3 Å². The predicted molar refractivity (Wildman–Crippen MR) is 87.6 cm³/mol. The molecule has 1 aromatic rings. The molecule has 0 saturated carbocycles. The highest BCUT2D eigenvalue weighted by Gasteiger charge is 2.40. The van der Waals surface area contributed by atoms with Crippen LogP contribution in [0.15, 0.2) is 18.2 Å². The van der Waals surface area contributed by atoms with E-state index in [-0.39, 0.29) is 11.9 Å². The fourth-order valence-electron chi connectivity index (χ4n) is 3.11. The number of rotatable bonds is 3. The Bertz CT molecular complexity index is 499. The number of piperidine rings is 1. The molecule has 2 rings (SSSR count). The number of benzene rings is 1. The standard InChI is InChI=1S/C17H27N3O/c1-12(2)20(15-13(3)6-5-7-14(15)4)16(21)17(18)8-10-19-11-9-17/h5-7,12,19H,8-11,18H2,1-4H3. The average molecular weight is 289 g/mol. The summed E-state index contributed by atoms with van der Waals surface area (Å²) in [4.78, 5) is 15.0. The highest BCUT2D eigenvalue weighted by atomic mass is 16.2. The Balaban J connectivity index is 2.42. The molecule has 4 heteroatoms. The second-order valence-electron chi connectivity index (χ2n) is 6.42. The molecule has 1 amide bonds. The summed E-state index contributed by atoms with van der Waals surface area (Å²) in [5, 5.41) is 3.27. The van der Waals surface area contributed by atoms with Crippen molar-refractivity contribution in [3.8, 4) is 0 Å². The van der Waals surface area contributed by atoms with E-state index in [1.807, 2.05) is 24.8 Å². The minimum atomic E-state index is -0.746. The Morgan fingerprint density at radius 3 is 2.24 bits per heavy atom. The van der Waals surface area contributed by atoms with Crippen LogP contribution in [0.25, 0.3) is 0 Å². The van der Waals surface area contributed by atoms with E-state index in [9.17, 15) is 4.79 Å². The molecule has 0 atom stereocenters. The van der Waals surface area contributed by atoms with Crippen molar-refractivity contribution >= 4 is 11.6 Å². The molecule has 1 fully saturated rings. The van der Waals surface area contributed by atoms with Gasteiger partial charge in [0.05, 0.1) is 5.54 Å². The van der Waals surface area contributed by atoms with Crippen LogP contribution in [-0.2, 0) is 4.79 Å². The van der Waals surface area contributed by atoms with Crippen LogP contribution in [0.2, 0.25) is 0 Å². The number of aryl methyl sites for hydroxylation is 2. The van der Waals surface area contributed by atoms with Crippen LogP contribution in [-0.4, -0.2) is 30.6 Å². The number of nitrogens with two attached hydrogens (primary N) is 1. The molecule has 0 aromatic heterocycles. The molecule has 0 spiro atoms. The lowest BCUT2D eigenvalue weighted by molar-refractivity contribution is -0.125. The number of hydrogen-bond donors (Lipinski definition) is 2. The van der Waals surface area contributed by atoms with Crippen LogP contribution in [0, 0.1) is 13.8 Å². The lowest BCUT2D eigenvalue weighted by Gasteiger charge is -2.40. The van der Waals surface area contributed by atoms with E-state index < -0.39 is 5.54 Å². The third-order valence-electron chi connectivity index (χ3n) is 4.34. The van der Waals surface area contributed by atoms with Gasteiger partial charge in [0.25, 0.3) is 0 Å². The zero-order valence-electron chi connectivity index (χ0n) is 13.6. The highest BCUT2D eigenvalue weighted by molar-refractivity contribution is 6.01. The van der Waals surface area contributed by atoms with Crippen molar-refractivity contribution in [1.29, 1.82) is 0 Å². The average Bonchev–Trinajstić information content (AvgIpc) is 2.43. The van der Waals surface area contributed by atoms with Gasteiger partial charge in [0, 0.05) is 11.7 Å². The van der Waals surface area contributed by atoms with Gasteiger partial charge in [0.15, 0.2) is 0 Å². The maximum absolute atomic E-state index is 13.1. The lowest BCUT2D eigenvalue weighted by atomic mass is 9.87. The molecule has 21 heavy (non-hydrogen) atoms. The highest BCUT2D eigenvalue weighted by Crippen LogP contribution is 2.30. The van der Waals surface area contributed by atoms with Crippen LogP contribution >= 0.6 is 0 Å². The van der Waals surface area contributed by atoms with E-state index in [0.29, 0.717) is 12.8 Å². The summed E-state index contributed by atoms with van der Waals surface area (Å²) >= 11 is 0. The van der Waals surface area contributed by atoms with Crippen molar-refractivity contribution < 1.29 is 4.79 Å². The minimum Gasteiger partial charge on any atom is -0.317 e. The maximum atomic E-state index is 13.1. The van der Waals surface area contributed by atoms with E-state index in [4.69, 9.17) is 5.73 Å². The normalized spacial score (nSPS) is 17.8. The van der Waals surface area contributed by atoms with Crippen LogP contribution in [0.5, 0.6) is 0 Å². The molecule has 1 saturated heterocycles. The number of hydrogen-bond acceptors (Lipinski definition) is 3. The minimum absolute atomic E-state index is 0.0522. The molecule has 0 aliphatic carbocycles. The van der Waals surface area contributed by atoms with Crippen molar-refractivity contribution in [1.82, 2.24) is 5.32 Å². The first-order valence-electron chi connectivity index (χ1n) is 7.76. The van der Waals surface area contributed by atoms with E-state index >= 15 is 0 Å². The topological polar surface area (TPSA) is 58.4 Å². The monoisotopic (exact) mass is 289 g/mol. The zero-order chi connectivity index (χ0) is 15.6. The predicted octanol–water partition coefficient (Wildman–Crippen LogP) is 2.13. The van der Waals surface area contributed by atoms with Crippen molar-refractivity contribution in [2.75, 3.05) is 18.0 Å². The van der Waals surface area contributed by atoms with E-state index in [1.165, 1.54) is 0 Å². The molecular formula is C17H27N3O. The second-order valence-corrected chi connectivity index (χ2v) is 6.42. The first-order valence-corrected chi connectivity index (χ1v) is 7.76. The van der Waals surface area contributed by atoms with Gasteiger partial charge in [-0.05, 0) is 64.8 Å². The first kappa shape index (κ1) is 16.0. The second kappa shape index (κ2) is 6.16. The molecule has 1 aliphatic rings. The smallest absolute Gasteiger partial charge is 0.247 e. The number of anilines is 1. The number of nitrogens with one attached hydrogen (secondary N) is 1. The van der Waals surface area contributed by atoms with Gasteiger partial charge in [-0.25, -0.2) is 0 Å². The quantitative estimate of drug-likeness (QED) is 0.896. The Kier molecular flexibility index (Phi) is 4.69. The van der Waals surface area contributed by atoms with E-state index in [2.05, 4.69) is 31.3 Å². The molecule has 3 N–H and O–H groups in total. The maximum Gasteiger partial charge on any atom is 0.247 e. The van der Waals surface area contributed by atoms with Gasteiger partial charge < -0.3 is 16.0 Å². The van der Waals surface area contributed by atoms with Crippen molar-refractivity contribution in [3.63, 3.8) is 0 Å². The SMILES string of the molecule is Cc1cccc(C)c1N(C(=O)C1(N)CCNCC1)C(C)C. The van der Waals surface area contributed by atoms with Crippen LogP contribution in [0.3, 0.4) is 0 Å². The van der Waals surface area contributed by atoms with Crippen LogP contribution < -0.4 is 16.0 Å². The number of para-hydroxylation sites is 1. The van der Waals surface area contributed by atoms with E-state index in [1.54, 1.807) is 0 Å². The van der Waals surface area contributed by atoms with Gasteiger partial charge in [-0.3, -0.25) is 4.79 Å². The Morgan fingerprint density at radius 1 is 1.24 bits per heavy atom. The molecule has 116 valence electrons. The summed E-state index contributed by atoms with van der Waals surface area (Å²) in [5.74, 6) is 0.0522. The summed E-state index contributed by atoms with van der Waals surface area (Å²) in [6.07, 6.45) is 1.39. The van der Waals surface area contributed by atoms with Gasteiger partial charge in [-0.2, -0.15) is 0 Å². The Morgan fingerprint density at radius 2 is 1.76 bits per heavy atom. The number of carbonyl (C=O) groups excluding carboxylic acids is 1. The van der Waals surface area contributed by atoms with Crippen molar-refractivity contribution in [2.45, 2.75) is 52.1 Å². The summed E-state index contributed by atoms with van der Waals surface area (Å²) < 4.78 is 0. The summed E-state index contributed by atoms with van der Waals surface area (Å²) in [6, 6.07) is 6.22. The molecule has 4 nitrogen and oxygen atoms in total. The third-order valence-corrected chi connectivity index (χ3v) is 4.34. The molecule has 1 heterocycles. The first-order chi connectivity index (χ1) is 9.87.